The summed E-state index contributed by atoms with van der Waals surface area (Å²) in [4.78, 5) is 11.5. The lowest BCUT2D eigenvalue weighted by Crippen LogP contribution is -2.39. The Morgan fingerprint density at radius 1 is 1.50 bits per heavy atom. The second-order valence-electron chi connectivity index (χ2n) is 5.73. The first-order valence-corrected chi connectivity index (χ1v) is 6.89. The Bertz CT molecular complexity index is 424. The Labute approximate surface area is 120 Å². The van der Waals surface area contributed by atoms with Crippen LogP contribution in [0.4, 0.5) is 4.79 Å². The fourth-order valence-electron chi connectivity index (χ4n) is 1.55. The number of nitrogens with one attached hydrogen (secondary N) is 1. The minimum Gasteiger partial charge on any atom is -0.444 e. The van der Waals surface area contributed by atoms with Crippen LogP contribution in [-0.4, -0.2) is 34.1 Å². The van der Waals surface area contributed by atoms with Gasteiger partial charge in [-0.2, -0.15) is 5.10 Å². The van der Waals surface area contributed by atoms with Gasteiger partial charge in [-0.15, -0.1) is 0 Å². The van der Waals surface area contributed by atoms with E-state index in [2.05, 4.69) is 10.4 Å². The molecule has 6 nitrogen and oxygen atoms in total. The van der Waals surface area contributed by atoms with Crippen molar-refractivity contribution in [1.82, 2.24) is 15.1 Å². The highest BCUT2D eigenvalue weighted by atomic mass is 16.6. The van der Waals surface area contributed by atoms with Gasteiger partial charge in [0.2, 0.25) is 0 Å². The molecule has 1 aromatic rings. The number of hydrogen-bond donors (Lipinski definition) is 1. The summed E-state index contributed by atoms with van der Waals surface area (Å²) in [6.07, 6.45) is 1.49. The number of ether oxygens (including phenoxy) is 2. The molecule has 1 N–H and O–H groups in total. The van der Waals surface area contributed by atoms with E-state index in [0.29, 0.717) is 13.2 Å². The summed E-state index contributed by atoms with van der Waals surface area (Å²) in [6, 6.07) is 1.81. The third-order valence-corrected chi connectivity index (χ3v) is 2.40. The maximum Gasteiger partial charge on any atom is 0.407 e. The van der Waals surface area contributed by atoms with E-state index in [1.807, 2.05) is 51.6 Å². The van der Waals surface area contributed by atoms with Crippen molar-refractivity contribution in [3.05, 3.63) is 18.0 Å². The monoisotopic (exact) mass is 283 g/mol. The van der Waals surface area contributed by atoms with E-state index in [4.69, 9.17) is 9.47 Å². The van der Waals surface area contributed by atoms with Gasteiger partial charge in [-0.3, -0.25) is 4.68 Å². The third-order valence-electron chi connectivity index (χ3n) is 2.40. The Morgan fingerprint density at radius 2 is 2.20 bits per heavy atom. The molecule has 0 aliphatic heterocycles. The Hall–Kier alpha value is -1.56. The van der Waals surface area contributed by atoms with Crippen LogP contribution in [0.3, 0.4) is 0 Å². The van der Waals surface area contributed by atoms with Crippen molar-refractivity contribution in [2.45, 2.75) is 59.4 Å². The Kier molecular flexibility index (Phi) is 6.01. The molecule has 114 valence electrons. The highest BCUT2D eigenvalue weighted by Crippen LogP contribution is 2.07. The van der Waals surface area contributed by atoms with E-state index in [0.717, 1.165) is 12.2 Å². The zero-order chi connectivity index (χ0) is 15.2. The van der Waals surface area contributed by atoms with Crippen molar-refractivity contribution in [3.63, 3.8) is 0 Å². The molecular weight excluding hydrogens is 258 g/mol. The van der Waals surface area contributed by atoms with E-state index in [-0.39, 0.29) is 6.04 Å². The van der Waals surface area contributed by atoms with Crippen molar-refractivity contribution < 1.29 is 14.3 Å². The largest absolute Gasteiger partial charge is 0.444 e. The van der Waals surface area contributed by atoms with Crippen LogP contribution in [0.25, 0.3) is 0 Å². The predicted molar refractivity (Wildman–Crippen MR) is 76.4 cm³/mol. The molecule has 0 bridgehead atoms. The molecule has 1 aromatic heterocycles. The Balaban J connectivity index is 2.22. The minimum absolute atomic E-state index is 0.113. The summed E-state index contributed by atoms with van der Waals surface area (Å²) >= 11 is 0. The number of aryl methyl sites for hydroxylation is 1. The number of carbonyl (C=O) groups is 1. The fraction of sp³-hybridized carbons (Fsp3) is 0.714. The topological polar surface area (TPSA) is 65.4 Å². The number of nitrogens with zero attached hydrogens (tertiary/aromatic N) is 2. The van der Waals surface area contributed by atoms with Crippen LogP contribution in [0.2, 0.25) is 0 Å². The number of aromatic nitrogens is 2. The SMILES string of the molecule is CCn1ccc(COC[C@@H](C)NC(=O)OC(C)(C)C)n1. The maximum absolute atomic E-state index is 11.5. The smallest absolute Gasteiger partial charge is 0.407 e. The number of alkyl carbamates (subject to hydrolysis) is 1. The van der Waals surface area contributed by atoms with Crippen LogP contribution in [0.1, 0.15) is 40.3 Å². The van der Waals surface area contributed by atoms with Crippen LogP contribution < -0.4 is 5.32 Å². The summed E-state index contributed by atoms with van der Waals surface area (Å²) in [6.45, 7) is 11.1. The number of carbonyl (C=O) groups excluding carboxylic acids is 1. The first-order chi connectivity index (χ1) is 9.30. The van der Waals surface area contributed by atoms with Crippen molar-refractivity contribution in [3.8, 4) is 0 Å². The van der Waals surface area contributed by atoms with Crippen LogP contribution in [0.5, 0.6) is 0 Å². The van der Waals surface area contributed by atoms with Crippen molar-refractivity contribution in [2.75, 3.05) is 6.61 Å². The van der Waals surface area contributed by atoms with E-state index >= 15 is 0 Å². The van der Waals surface area contributed by atoms with Crippen LogP contribution >= 0.6 is 0 Å². The normalized spacial score (nSPS) is 13.1. The second-order valence-corrected chi connectivity index (χ2v) is 5.73. The average Bonchev–Trinajstić information content (AvgIpc) is 2.74. The van der Waals surface area contributed by atoms with Gasteiger partial charge in [-0.25, -0.2) is 4.79 Å². The lowest BCUT2D eigenvalue weighted by atomic mass is 10.2. The molecule has 0 aliphatic rings. The zero-order valence-electron chi connectivity index (χ0n) is 13.0. The first-order valence-electron chi connectivity index (χ1n) is 6.89. The van der Waals surface area contributed by atoms with Gasteiger partial charge in [0.1, 0.15) is 5.60 Å². The van der Waals surface area contributed by atoms with E-state index in [1.165, 1.54) is 0 Å². The molecule has 1 atom stereocenters. The molecule has 20 heavy (non-hydrogen) atoms. The van der Waals surface area contributed by atoms with E-state index in [1.54, 1.807) is 0 Å². The van der Waals surface area contributed by atoms with Gasteiger partial charge in [0.25, 0.3) is 0 Å². The third kappa shape index (κ3) is 6.56. The van der Waals surface area contributed by atoms with E-state index < -0.39 is 11.7 Å². The summed E-state index contributed by atoms with van der Waals surface area (Å²) in [7, 11) is 0. The minimum atomic E-state index is -0.488. The molecule has 0 spiro atoms. The highest BCUT2D eigenvalue weighted by Gasteiger charge is 2.17. The first kappa shape index (κ1) is 16.5. The summed E-state index contributed by atoms with van der Waals surface area (Å²) in [5.74, 6) is 0. The van der Waals surface area contributed by atoms with E-state index in [9.17, 15) is 4.79 Å². The summed E-state index contributed by atoms with van der Waals surface area (Å²) in [5, 5.41) is 7.04. The van der Waals surface area contributed by atoms with Crippen molar-refractivity contribution in [1.29, 1.82) is 0 Å². The highest BCUT2D eigenvalue weighted by molar-refractivity contribution is 5.68. The molecule has 0 saturated heterocycles. The van der Waals surface area contributed by atoms with Gasteiger partial charge in [-0.1, -0.05) is 0 Å². The maximum atomic E-state index is 11.5. The Morgan fingerprint density at radius 3 is 2.75 bits per heavy atom. The van der Waals surface area contributed by atoms with Gasteiger partial charge in [-0.05, 0) is 40.7 Å². The molecule has 1 amide bonds. The van der Waals surface area contributed by atoms with Crippen LogP contribution in [0.15, 0.2) is 12.3 Å². The van der Waals surface area contributed by atoms with Gasteiger partial charge >= 0.3 is 6.09 Å². The van der Waals surface area contributed by atoms with Gasteiger partial charge < -0.3 is 14.8 Å². The molecule has 0 fully saturated rings. The fourth-order valence-corrected chi connectivity index (χ4v) is 1.55. The molecule has 1 rings (SSSR count). The van der Waals surface area contributed by atoms with Crippen LogP contribution in [-0.2, 0) is 22.6 Å². The van der Waals surface area contributed by atoms with Gasteiger partial charge in [0.05, 0.1) is 24.9 Å². The molecule has 1 heterocycles. The number of rotatable bonds is 6. The van der Waals surface area contributed by atoms with Crippen molar-refractivity contribution in [2.24, 2.45) is 0 Å². The lowest BCUT2D eigenvalue weighted by molar-refractivity contribution is 0.0440. The standard InChI is InChI=1S/C14H25N3O3/c1-6-17-8-7-12(16-17)10-19-9-11(2)15-13(18)20-14(3,4)5/h7-8,11H,6,9-10H2,1-5H3,(H,15,18)/t11-/m1/s1. The summed E-state index contributed by atoms with van der Waals surface area (Å²) in [5.41, 5.74) is 0.397. The van der Waals surface area contributed by atoms with Gasteiger partial charge in [0, 0.05) is 12.7 Å². The average molecular weight is 283 g/mol. The summed E-state index contributed by atoms with van der Waals surface area (Å²) < 4.78 is 12.5. The molecule has 0 saturated carbocycles. The molecule has 0 aliphatic carbocycles. The zero-order valence-corrected chi connectivity index (χ0v) is 13.0. The lowest BCUT2D eigenvalue weighted by Gasteiger charge is -2.21. The molecule has 0 radical (unpaired) electrons. The second kappa shape index (κ2) is 7.28. The molecule has 0 unspecified atom stereocenters. The number of hydrogen-bond acceptors (Lipinski definition) is 4. The quantitative estimate of drug-likeness (QED) is 0.870. The predicted octanol–water partition coefficient (Wildman–Crippen LogP) is 2.33. The molecule has 0 aromatic carbocycles. The van der Waals surface area contributed by atoms with Crippen LogP contribution in [0, 0.1) is 0 Å². The molecule has 6 heteroatoms. The van der Waals surface area contributed by atoms with Gasteiger partial charge in [0.15, 0.2) is 0 Å². The van der Waals surface area contributed by atoms with Crippen molar-refractivity contribution >= 4 is 6.09 Å². The molecular formula is C14H25N3O3. The number of amides is 1.